The van der Waals surface area contributed by atoms with E-state index in [4.69, 9.17) is 0 Å². The fraction of sp³-hybridized carbons (Fsp3) is 0.286. The van der Waals surface area contributed by atoms with Crippen LogP contribution >= 0.6 is 27.3 Å². The summed E-state index contributed by atoms with van der Waals surface area (Å²) >= 11 is 4.71. The quantitative estimate of drug-likeness (QED) is 0.534. The lowest BCUT2D eigenvalue weighted by atomic mass is 10.1. The molecule has 2 amide bonds. The predicted octanol–water partition coefficient (Wildman–Crippen LogP) is 4.06. The van der Waals surface area contributed by atoms with Crippen LogP contribution < -0.4 is 0 Å². The Morgan fingerprint density at radius 2 is 1.86 bits per heavy atom. The number of carbonyl (C=O) groups is 2. The Labute approximate surface area is 182 Å². The van der Waals surface area contributed by atoms with E-state index < -0.39 is 0 Å². The van der Waals surface area contributed by atoms with Crippen LogP contribution in [0.15, 0.2) is 52.3 Å². The zero-order valence-corrected chi connectivity index (χ0v) is 18.8. The first kappa shape index (κ1) is 21.3. The summed E-state index contributed by atoms with van der Waals surface area (Å²) in [5.74, 6) is -0.223. The molecular formula is C21H23BrN4O2S. The number of H-pyrrole nitrogens is 1. The number of likely N-dealkylation sites (N-methyl/N-ethyl adjacent to an activating group) is 2. The summed E-state index contributed by atoms with van der Waals surface area (Å²) in [5.41, 5.74) is 3.04. The van der Waals surface area contributed by atoms with E-state index in [1.807, 2.05) is 42.5 Å². The first-order valence-corrected chi connectivity index (χ1v) is 10.9. The van der Waals surface area contributed by atoms with Crippen LogP contribution in [0.5, 0.6) is 0 Å². The van der Waals surface area contributed by atoms with Gasteiger partial charge in [0, 0.05) is 31.9 Å². The number of aromatic amines is 1. The van der Waals surface area contributed by atoms with E-state index >= 15 is 0 Å². The zero-order chi connectivity index (χ0) is 20.8. The average Bonchev–Trinajstić information content (AvgIpc) is 3.37. The molecule has 0 atom stereocenters. The molecule has 0 saturated heterocycles. The topological polar surface area (TPSA) is 69.3 Å². The Kier molecular flexibility index (Phi) is 7.22. The van der Waals surface area contributed by atoms with Gasteiger partial charge in [0.15, 0.2) is 0 Å². The third-order valence-corrected chi connectivity index (χ3v) is 6.18. The van der Waals surface area contributed by atoms with Crippen LogP contribution in [0.25, 0.3) is 11.3 Å². The summed E-state index contributed by atoms with van der Waals surface area (Å²) in [6.07, 6.45) is 1.61. The number of hydrogen-bond acceptors (Lipinski definition) is 4. The number of aromatic nitrogens is 2. The van der Waals surface area contributed by atoms with Crippen LogP contribution in [0.2, 0.25) is 0 Å². The highest BCUT2D eigenvalue weighted by molar-refractivity contribution is 9.11. The molecule has 29 heavy (non-hydrogen) atoms. The molecule has 0 saturated carbocycles. The van der Waals surface area contributed by atoms with Crippen LogP contribution in [-0.2, 0) is 11.2 Å². The van der Waals surface area contributed by atoms with Crippen molar-refractivity contribution in [3.8, 4) is 11.3 Å². The van der Waals surface area contributed by atoms with Crippen LogP contribution in [-0.4, -0.2) is 59.0 Å². The molecule has 3 rings (SSSR count). The predicted molar refractivity (Wildman–Crippen MR) is 119 cm³/mol. The number of nitrogens with zero attached hydrogens (tertiary/aromatic N) is 3. The number of carbonyl (C=O) groups excluding carboxylic acids is 2. The maximum atomic E-state index is 12.4. The Morgan fingerprint density at radius 1 is 1.10 bits per heavy atom. The molecule has 0 radical (unpaired) electrons. The third kappa shape index (κ3) is 5.77. The summed E-state index contributed by atoms with van der Waals surface area (Å²) in [5, 5.41) is 7.42. The molecule has 0 aliphatic carbocycles. The molecule has 0 aliphatic heterocycles. The Morgan fingerprint density at radius 3 is 2.55 bits per heavy atom. The van der Waals surface area contributed by atoms with E-state index in [1.165, 1.54) is 16.2 Å². The fourth-order valence-corrected chi connectivity index (χ4v) is 4.27. The first-order chi connectivity index (χ1) is 13.9. The van der Waals surface area contributed by atoms with Gasteiger partial charge in [0.05, 0.1) is 20.9 Å². The van der Waals surface area contributed by atoms with Crippen molar-refractivity contribution in [3.63, 3.8) is 0 Å². The molecular weight excluding hydrogens is 452 g/mol. The number of benzene rings is 1. The minimum Gasteiger partial charge on any atom is -0.344 e. The van der Waals surface area contributed by atoms with Crippen molar-refractivity contribution in [2.24, 2.45) is 0 Å². The number of rotatable bonds is 8. The molecule has 2 aromatic heterocycles. The maximum absolute atomic E-state index is 12.4. The van der Waals surface area contributed by atoms with Gasteiger partial charge in [-0.25, -0.2) is 0 Å². The molecule has 0 bridgehead atoms. The number of halogens is 1. The number of nitrogens with one attached hydrogen (secondary N) is 1. The molecule has 0 aliphatic rings. The van der Waals surface area contributed by atoms with Gasteiger partial charge >= 0.3 is 0 Å². The molecule has 0 fully saturated rings. The van der Waals surface area contributed by atoms with Crippen molar-refractivity contribution < 1.29 is 9.59 Å². The second-order valence-electron chi connectivity index (χ2n) is 6.83. The zero-order valence-electron chi connectivity index (χ0n) is 16.4. The van der Waals surface area contributed by atoms with Crippen LogP contribution in [0.3, 0.4) is 0 Å². The monoisotopic (exact) mass is 474 g/mol. The highest BCUT2D eigenvalue weighted by atomic mass is 79.9. The van der Waals surface area contributed by atoms with Gasteiger partial charge in [-0.05, 0) is 47.0 Å². The van der Waals surface area contributed by atoms with Gasteiger partial charge < -0.3 is 9.80 Å². The lowest BCUT2D eigenvalue weighted by molar-refractivity contribution is -0.130. The number of thiophene rings is 1. The van der Waals surface area contributed by atoms with Gasteiger partial charge in [0.1, 0.15) is 0 Å². The minimum absolute atomic E-state index is 0.0626. The standard InChI is InChI=1S/C21H23BrN4O2S/c1-25(20(27)14-26(2)21(28)18-10-11-19(22)29-18)12-6-9-16-13-17(24-23-16)15-7-4-3-5-8-15/h3-5,7-8,10-11,13H,6,9,12,14H2,1-2H3,(H,23,24). The van der Waals surface area contributed by atoms with E-state index in [2.05, 4.69) is 26.1 Å². The Hall–Kier alpha value is -2.45. The van der Waals surface area contributed by atoms with Gasteiger partial charge in [-0.1, -0.05) is 30.3 Å². The highest BCUT2D eigenvalue weighted by Crippen LogP contribution is 2.23. The van der Waals surface area contributed by atoms with E-state index in [1.54, 1.807) is 25.1 Å². The molecule has 3 aromatic rings. The Bertz CT molecular complexity index is 970. The lowest BCUT2D eigenvalue weighted by Crippen LogP contribution is -2.39. The second-order valence-corrected chi connectivity index (χ2v) is 9.29. The first-order valence-electron chi connectivity index (χ1n) is 9.28. The van der Waals surface area contributed by atoms with Crippen LogP contribution in [0, 0.1) is 0 Å². The summed E-state index contributed by atoms with van der Waals surface area (Å²) in [7, 11) is 3.42. The summed E-state index contributed by atoms with van der Waals surface area (Å²) < 4.78 is 0.895. The molecule has 152 valence electrons. The third-order valence-electron chi connectivity index (χ3n) is 4.57. The van der Waals surface area contributed by atoms with E-state index in [0.717, 1.165) is 33.6 Å². The van der Waals surface area contributed by atoms with Crippen molar-refractivity contribution in [3.05, 3.63) is 62.9 Å². The lowest BCUT2D eigenvalue weighted by Gasteiger charge is -2.21. The van der Waals surface area contributed by atoms with Crippen molar-refractivity contribution in [1.82, 2.24) is 20.0 Å². The maximum Gasteiger partial charge on any atom is 0.264 e. The smallest absolute Gasteiger partial charge is 0.264 e. The molecule has 0 unspecified atom stereocenters. The molecule has 1 aromatic carbocycles. The van der Waals surface area contributed by atoms with Crippen molar-refractivity contribution in [2.75, 3.05) is 27.2 Å². The normalized spacial score (nSPS) is 10.7. The molecule has 2 heterocycles. The van der Waals surface area contributed by atoms with Gasteiger partial charge in [-0.3, -0.25) is 14.7 Å². The highest BCUT2D eigenvalue weighted by Gasteiger charge is 2.18. The van der Waals surface area contributed by atoms with Crippen LogP contribution in [0.4, 0.5) is 0 Å². The summed E-state index contributed by atoms with van der Waals surface area (Å²) in [6, 6.07) is 15.6. The number of aryl methyl sites for hydroxylation is 1. The largest absolute Gasteiger partial charge is 0.344 e. The van der Waals surface area contributed by atoms with Crippen molar-refractivity contribution >= 4 is 39.1 Å². The molecule has 1 N–H and O–H groups in total. The average molecular weight is 475 g/mol. The minimum atomic E-state index is -0.145. The van der Waals surface area contributed by atoms with Crippen molar-refractivity contribution in [1.29, 1.82) is 0 Å². The van der Waals surface area contributed by atoms with Gasteiger partial charge in [0.2, 0.25) is 5.91 Å². The number of hydrogen-bond donors (Lipinski definition) is 1. The molecule has 8 heteroatoms. The molecule has 0 spiro atoms. The molecule has 6 nitrogen and oxygen atoms in total. The fourth-order valence-electron chi connectivity index (χ4n) is 2.89. The van der Waals surface area contributed by atoms with E-state index in [9.17, 15) is 9.59 Å². The van der Waals surface area contributed by atoms with Gasteiger partial charge in [-0.15, -0.1) is 11.3 Å². The van der Waals surface area contributed by atoms with E-state index in [0.29, 0.717) is 11.4 Å². The second kappa shape index (κ2) is 9.84. The number of amides is 2. The SMILES string of the molecule is CN(CCCc1cc(-c2ccccc2)n[nH]1)C(=O)CN(C)C(=O)c1ccc(Br)s1. The van der Waals surface area contributed by atoms with Gasteiger partial charge in [-0.2, -0.15) is 5.10 Å². The summed E-state index contributed by atoms with van der Waals surface area (Å²) in [4.78, 5) is 28.5. The van der Waals surface area contributed by atoms with Crippen molar-refractivity contribution in [2.45, 2.75) is 12.8 Å². The van der Waals surface area contributed by atoms with Crippen LogP contribution in [0.1, 0.15) is 21.8 Å². The van der Waals surface area contributed by atoms with Gasteiger partial charge in [0.25, 0.3) is 5.91 Å². The van der Waals surface area contributed by atoms with E-state index in [-0.39, 0.29) is 18.4 Å². The summed E-state index contributed by atoms with van der Waals surface area (Å²) in [6.45, 7) is 0.679. The Balaban J connectivity index is 1.44.